The van der Waals surface area contributed by atoms with Crippen LogP contribution in [0.4, 0.5) is 0 Å². The van der Waals surface area contributed by atoms with Crippen LogP contribution in [-0.4, -0.2) is 0 Å². The Bertz CT molecular complexity index is 145. The van der Waals surface area contributed by atoms with E-state index in [1.165, 1.54) is 25.7 Å². The molecule has 0 aromatic carbocycles. The molecule has 1 nitrogen and oxygen atoms in total. The zero-order valence-electron chi connectivity index (χ0n) is 7.34. The summed E-state index contributed by atoms with van der Waals surface area (Å²) in [4.78, 5) is 0. The van der Waals surface area contributed by atoms with E-state index in [2.05, 4.69) is 13.0 Å². The molecule has 0 bridgehead atoms. The maximum Gasteiger partial charge on any atom is 0.0621 e. The summed E-state index contributed by atoms with van der Waals surface area (Å²) >= 11 is 0. The predicted molar refractivity (Wildman–Crippen MR) is 46.0 cm³/mol. The predicted octanol–water partition coefficient (Wildman–Crippen LogP) is 3.12. The lowest BCUT2D eigenvalue weighted by atomic mass is 9.99. The van der Waals surface area contributed by atoms with E-state index in [1.54, 1.807) is 0 Å². The maximum absolute atomic E-state index is 8.40. The molecule has 2 atom stereocenters. The second-order valence-electron chi connectivity index (χ2n) is 3.65. The molecule has 0 radical (unpaired) electrons. The molecule has 0 aromatic rings. The van der Waals surface area contributed by atoms with Gasteiger partial charge in [-0.2, -0.15) is 5.26 Å². The first-order valence-electron chi connectivity index (χ1n) is 4.73. The highest BCUT2D eigenvalue weighted by Crippen LogP contribution is 2.35. The van der Waals surface area contributed by atoms with Crippen molar-refractivity contribution in [1.29, 1.82) is 5.26 Å². The zero-order chi connectivity index (χ0) is 8.10. The molecule has 0 amide bonds. The molecule has 0 saturated heterocycles. The first-order valence-corrected chi connectivity index (χ1v) is 4.73. The lowest BCUT2D eigenvalue weighted by Gasteiger charge is -2.06. The van der Waals surface area contributed by atoms with E-state index in [-0.39, 0.29) is 0 Å². The van der Waals surface area contributed by atoms with Crippen molar-refractivity contribution in [3.05, 3.63) is 0 Å². The fraction of sp³-hybridized carbons (Fsp3) is 0.900. The van der Waals surface area contributed by atoms with Crippen LogP contribution < -0.4 is 0 Å². The lowest BCUT2D eigenvalue weighted by molar-refractivity contribution is 0.461. The minimum Gasteiger partial charge on any atom is -0.198 e. The molecule has 62 valence electrons. The summed E-state index contributed by atoms with van der Waals surface area (Å²) in [6, 6.07) is 2.23. The number of nitrogens with zero attached hydrogens (tertiary/aromatic N) is 1. The van der Waals surface area contributed by atoms with Crippen molar-refractivity contribution in [3.8, 4) is 6.07 Å². The van der Waals surface area contributed by atoms with Crippen molar-refractivity contribution in [3.63, 3.8) is 0 Å². The van der Waals surface area contributed by atoms with Crippen molar-refractivity contribution in [1.82, 2.24) is 0 Å². The van der Waals surface area contributed by atoms with Gasteiger partial charge >= 0.3 is 0 Å². The molecule has 0 aliphatic heterocycles. The molecule has 1 rings (SSSR count). The maximum atomic E-state index is 8.40. The molecule has 1 heteroatoms. The monoisotopic (exact) mass is 151 g/mol. The third kappa shape index (κ3) is 2.54. The van der Waals surface area contributed by atoms with Crippen LogP contribution in [0.15, 0.2) is 0 Å². The first-order chi connectivity index (χ1) is 5.36. The van der Waals surface area contributed by atoms with Crippen LogP contribution in [0.25, 0.3) is 0 Å². The standard InChI is InChI=1S/C10H17N/c1-2-9-5-6-10(8-9)4-3-7-11/h9-10H,2-6,8H2,1H3. The van der Waals surface area contributed by atoms with Gasteiger partial charge in [0.05, 0.1) is 6.07 Å². The largest absolute Gasteiger partial charge is 0.198 e. The number of nitriles is 1. The second-order valence-corrected chi connectivity index (χ2v) is 3.65. The minimum absolute atomic E-state index is 0.765. The first kappa shape index (κ1) is 8.59. The van der Waals surface area contributed by atoms with Crippen molar-refractivity contribution in [2.45, 2.75) is 45.4 Å². The van der Waals surface area contributed by atoms with Crippen LogP contribution in [0.3, 0.4) is 0 Å². The SMILES string of the molecule is CCC1CCC(CCC#N)C1. The third-order valence-electron chi connectivity index (χ3n) is 2.89. The average Bonchev–Trinajstić information content (AvgIpc) is 2.48. The van der Waals surface area contributed by atoms with Gasteiger partial charge < -0.3 is 0 Å². The van der Waals surface area contributed by atoms with E-state index in [1.807, 2.05) is 0 Å². The van der Waals surface area contributed by atoms with Gasteiger partial charge in [0.2, 0.25) is 0 Å². The highest BCUT2D eigenvalue weighted by atomic mass is 14.3. The number of hydrogen-bond acceptors (Lipinski definition) is 1. The summed E-state index contributed by atoms with van der Waals surface area (Å²) in [5.74, 6) is 1.85. The Morgan fingerprint density at radius 2 is 2.09 bits per heavy atom. The lowest BCUT2D eigenvalue weighted by Crippen LogP contribution is -1.94. The molecule has 1 saturated carbocycles. The minimum atomic E-state index is 0.765. The topological polar surface area (TPSA) is 23.8 Å². The molecule has 11 heavy (non-hydrogen) atoms. The highest BCUT2D eigenvalue weighted by molar-refractivity contribution is 4.78. The molecule has 0 N–H and O–H groups in total. The van der Waals surface area contributed by atoms with Crippen molar-refractivity contribution < 1.29 is 0 Å². The van der Waals surface area contributed by atoms with Crippen LogP contribution in [0, 0.1) is 23.2 Å². The second kappa shape index (κ2) is 4.38. The van der Waals surface area contributed by atoms with Crippen molar-refractivity contribution in [2.24, 2.45) is 11.8 Å². The highest BCUT2D eigenvalue weighted by Gasteiger charge is 2.22. The van der Waals surface area contributed by atoms with Gasteiger partial charge in [0.25, 0.3) is 0 Å². The van der Waals surface area contributed by atoms with Crippen molar-refractivity contribution >= 4 is 0 Å². The molecule has 0 aromatic heterocycles. The van der Waals surface area contributed by atoms with E-state index >= 15 is 0 Å². The molecule has 1 aliphatic carbocycles. The molecule has 1 aliphatic rings. The van der Waals surface area contributed by atoms with Crippen LogP contribution in [0.5, 0.6) is 0 Å². The van der Waals surface area contributed by atoms with Crippen LogP contribution >= 0.6 is 0 Å². The molecular formula is C10H17N. The fourth-order valence-corrected chi connectivity index (χ4v) is 2.08. The number of hydrogen-bond donors (Lipinski definition) is 0. The summed E-state index contributed by atoms with van der Waals surface area (Å²) in [5.41, 5.74) is 0. The average molecular weight is 151 g/mol. The van der Waals surface area contributed by atoms with Crippen LogP contribution in [0.1, 0.15) is 45.4 Å². The van der Waals surface area contributed by atoms with Gasteiger partial charge in [0.15, 0.2) is 0 Å². The molecule has 2 unspecified atom stereocenters. The van der Waals surface area contributed by atoms with E-state index < -0.39 is 0 Å². The summed E-state index contributed by atoms with van der Waals surface area (Å²) < 4.78 is 0. The third-order valence-corrected chi connectivity index (χ3v) is 2.89. The summed E-state index contributed by atoms with van der Waals surface area (Å²) in [7, 11) is 0. The Balaban J connectivity index is 2.15. The Labute approximate surface area is 69.4 Å². The van der Waals surface area contributed by atoms with Gasteiger partial charge in [-0.3, -0.25) is 0 Å². The zero-order valence-corrected chi connectivity index (χ0v) is 7.34. The van der Waals surface area contributed by atoms with Gasteiger partial charge in [0.1, 0.15) is 0 Å². The van der Waals surface area contributed by atoms with Gasteiger partial charge in [-0.05, 0) is 24.7 Å². The summed E-state index contributed by atoms with van der Waals surface area (Å²) in [6.45, 7) is 2.28. The molecular weight excluding hydrogens is 134 g/mol. The van der Waals surface area contributed by atoms with Crippen molar-refractivity contribution in [2.75, 3.05) is 0 Å². The van der Waals surface area contributed by atoms with Gasteiger partial charge in [-0.1, -0.05) is 26.2 Å². The summed E-state index contributed by atoms with van der Waals surface area (Å²) in [5, 5.41) is 8.40. The van der Waals surface area contributed by atoms with E-state index in [9.17, 15) is 0 Å². The Hall–Kier alpha value is -0.510. The molecule has 0 heterocycles. The number of rotatable bonds is 3. The summed E-state index contributed by atoms with van der Waals surface area (Å²) in [6.07, 6.45) is 7.42. The Morgan fingerprint density at radius 3 is 2.64 bits per heavy atom. The van der Waals surface area contributed by atoms with Crippen LogP contribution in [0.2, 0.25) is 0 Å². The fourth-order valence-electron chi connectivity index (χ4n) is 2.08. The van der Waals surface area contributed by atoms with E-state index in [0.29, 0.717) is 0 Å². The van der Waals surface area contributed by atoms with E-state index in [0.717, 1.165) is 24.7 Å². The molecule has 0 spiro atoms. The van der Waals surface area contributed by atoms with Gasteiger partial charge in [-0.25, -0.2) is 0 Å². The Kier molecular flexibility index (Phi) is 3.42. The normalized spacial score (nSPS) is 30.2. The quantitative estimate of drug-likeness (QED) is 0.608. The Morgan fingerprint density at radius 1 is 1.36 bits per heavy atom. The van der Waals surface area contributed by atoms with Gasteiger partial charge in [0, 0.05) is 6.42 Å². The van der Waals surface area contributed by atoms with Gasteiger partial charge in [-0.15, -0.1) is 0 Å². The van der Waals surface area contributed by atoms with Crippen LogP contribution in [-0.2, 0) is 0 Å². The molecule has 1 fully saturated rings. The van der Waals surface area contributed by atoms with E-state index in [4.69, 9.17) is 5.26 Å². The smallest absolute Gasteiger partial charge is 0.0621 e.